The van der Waals surface area contributed by atoms with Gasteiger partial charge in [-0.05, 0) is 23.8 Å². The standard InChI is InChI=1S/C18H15P.C5H5.C2H5.ClH.Ni/c1-4-10-16(11-5-1)19(17-12-6-2-7-13-17)18-14-8-3-9-15-18;1-2-4-5-3-1;1-2;;/h1-15H;1-3H,4H2;1H2,2H3;1H;/q;2*-1;;+2. The largest absolute Gasteiger partial charge is 2.00 e. The van der Waals surface area contributed by atoms with Gasteiger partial charge in [-0.15, -0.1) is 18.8 Å². The number of rotatable bonds is 3. The third-order valence-electron chi connectivity index (χ3n) is 3.63. The van der Waals surface area contributed by atoms with Gasteiger partial charge in [-0.2, -0.15) is 13.0 Å². The molecule has 0 nitrogen and oxygen atoms in total. The molecule has 0 saturated heterocycles. The first kappa shape index (κ1) is 26.4. The van der Waals surface area contributed by atoms with Gasteiger partial charge in [-0.3, -0.25) is 6.08 Å². The number of halogens is 1. The topological polar surface area (TPSA) is 0 Å². The predicted molar refractivity (Wildman–Crippen MR) is 125 cm³/mol. The molecule has 0 fully saturated rings. The minimum atomic E-state index is -0.446. The summed E-state index contributed by atoms with van der Waals surface area (Å²) in [6, 6.07) is 32.3. The molecule has 3 aromatic rings. The van der Waals surface area contributed by atoms with Crippen molar-refractivity contribution in [3.8, 4) is 0 Å². The summed E-state index contributed by atoms with van der Waals surface area (Å²) >= 11 is 0. The van der Waals surface area contributed by atoms with Crippen molar-refractivity contribution in [3.63, 3.8) is 0 Å². The van der Waals surface area contributed by atoms with E-state index < -0.39 is 7.92 Å². The number of hydrogen-bond acceptors (Lipinski definition) is 0. The third kappa shape index (κ3) is 8.58. The van der Waals surface area contributed by atoms with Gasteiger partial charge in [0.05, 0.1) is 0 Å². The molecule has 0 amide bonds. The molecule has 0 aliphatic heterocycles. The molecule has 0 N–H and O–H groups in total. The zero-order valence-corrected chi connectivity index (χ0v) is 18.7. The molecule has 0 spiro atoms. The molecule has 0 heterocycles. The smallest absolute Gasteiger partial charge is 0.346 e. The number of allylic oxidation sites excluding steroid dienone is 4. The van der Waals surface area contributed by atoms with Crippen molar-refractivity contribution in [2.45, 2.75) is 13.3 Å². The fourth-order valence-corrected chi connectivity index (χ4v) is 4.82. The van der Waals surface area contributed by atoms with Crippen LogP contribution in [0.3, 0.4) is 0 Å². The molecule has 1 aliphatic carbocycles. The van der Waals surface area contributed by atoms with E-state index in [1.807, 2.05) is 12.2 Å². The van der Waals surface area contributed by atoms with E-state index in [1.54, 1.807) is 6.92 Å². The molecule has 3 aromatic carbocycles. The zero-order chi connectivity index (χ0) is 18.5. The van der Waals surface area contributed by atoms with E-state index >= 15 is 0 Å². The van der Waals surface area contributed by atoms with Crippen molar-refractivity contribution in [1.29, 1.82) is 0 Å². The molecule has 3 heteroatoms. The van der Waals surface area contributed by atoms with Crippen LogP contribution in [0.25, 0.3) is 0 Å². The van der Waals surface area contributed by atoms with Crippen LogP contribution in [0.5, 0.6) is 0 Å². The van der Waals surface area contributed by atoms with Crippen LogP contribution in [0.15, 0.2) is 109 Å². The fourth-order valence-electron chi connectivity index (χ4n) is 2.52. The van der Waals surface area contributed by atoms with Crippen LogP contribution in [0, 0.1) is 13.0 Å². The summed E-state index contributed by atoms with van der Waals surface area (Å²) in [5.41, 5.74) is 0. The third-order valence-corrected chi connectivity index (χ3v) is 6.07. The summed E-state index contributed by atoms with van der Waals surface area (Å²) in [7, 11) is -0.446. The van der Waals surface area contributed by atoms with Crippen molar-refractivity contribution in [2.24, 2.45) is 0 Å². The van der Waals surface area contributed by atoms with Crippen LogP contribution in [0.4, 0.5) is 0 Å². The SMILES string of the molecule is Cl.[C-]1=CC=CC1.[CH2-]C.[Ni+2].c1ccc(P(c2ccccc2)c2ccccc2)cc1. The Labute approximate surface area is 187 Å². The maximum absolute atomic E-state index is 3.25. The summed E-state index contributed by atoms with van der Waals surface area (Å²) in [5.74, 6) is 0. The Morgan fingerprint density at radius 2 is 1.04 bits per heavy atom. The van der Waals surface area contributed by atoms with Gasteiger partial charge in [0.2, 0.25) is 0 Å². The van der Waals surface area contributed by atoms with Crippen molar-refractivity contribution in [2.75, 3.05) is 0 Å². The molecule has 0 bridgehead atoms. The summed E-state index contributed by atoms with van der Waals surface area (Å²) < 4.78 is 0. The molecule has 0 radical (unpaired) electrons. The quantitative estimate of drug-likeness (QED) is 0.260. The Kier molecular flexibility index (Phi) is 15.4. The van der Waals surface area contributed by atoms with E-state index in [2.05, 4.69) is 110 Å². The van der Waals surface area contributed by atoms with Gasteiger partial charge < -0.3 is 6.92 Å². The minimum absolute atomic E-state index is 0. The molecule has 0 atom stereocenters. The van der Waals surface area contributed by atoms with Crippen LogP contribution in [-0.4, -0.2) is 0 Å². The first-order valence-electron chi connectivity index (χ1n) is 8.83. The van der Waals surface area contributed by atoms with E-state index in [0.717, 1.165) is 6.42 Å². The normalized spacial score (nSPS) is 10.5. The van der Waals surface area contributed by atoms with Gasteiger partial charge in [0.15, 0.2) is 0 Å². The number of benzene rings is 3. The van der Waals surface area contributed by atoms with Crippen LogP contribution in [0.1, 0.15) is 13.3 Å². The maximum Gasteiger partial charge on any atom is 2.00 e. The van der Waals surface area contributed by atoms with E-state index in [1.165, 1.54) is 15.9 Å². The molecule has 148 valence electrons. The van der Waals surface area contributed by atoms with Gasteiger partial charge in [0, 0.05) is 0 Å². The second-order valence-electron chi connectivity index (χ2n) is 5.35. The predicted octanol–water partition coefficient (Wildman–Crippen LogP) is 6.01. The molecule has 28 heavy (non-hydrogen) atoms. The van der Waals surface area contributed by atoms with E-state index in [4.69, 9.17) is 0 Å². The molecular formula is C25H26ClNiP. The molecule has 0 unspecified atom stereocenters. The summed E-state index contributed by atoms with van der Waals surface area (Å²) in [6.07, 6.45) is 10.0. The maximum atomic E-state index is 3.25. The van der Waals surface area contributed by atoms with Crippen LogP contribution in [-0.2, 0) is 16.5 Å². The fraction of sp³-hybridized carbons (Fsp3) is 0.0800. The number of hydrogen-bond donors (Lipinski definition) is 0. The first-order valence-corrected chi connectivity index (χ1v) is 10.2. The molecule has 0 aromatic heterocycles. The van der Waals surface area contributed by atoms with E-state index in [0.29, 0.717) is 0 Å². The summed E-state index contributed by atoms with van der Waals surface area (Å²) in [5, 5.41) is 4.19. The average molecular weight is 452 g/mol. The van der Waals surface area contributed by atoms with Gasteiger partial charge in [-0.25, -0.2) is 12.2 Å². The van der Waals surface area contributed by atoms with Gasteiger partial charge in [-0.1, -0.05) is 91.0 Å². The molecule has 0 saturated carbocycles. The van der Waals surface area contributed by atoms with Crippen molar-refractivity contribution in [1.82, 2.24) is 0 Å². The van der Waals surface area contributed by atoms with Crippen LogP contribution >= 0.6 is 20.3 Å². The Balaban J connectivity index is 0.000000699. The van der Waals surface area contributed by atoms with Gasteiger partial charge in [0.1, 0.15) is 0 Å². The Morgan fingerprint density at radius 1 is 0.679 bits per heavy atom. The second-order valence-corrected chi connectivity index (χ2v) is 7.57. The van der Waals surface area contributed by atoms with Gasteiger partial charge >= 0.3 is 16.5 Å². The molecular weight excluding hydrogens is 425 g/mol. The second kappa shape index (κ2) is 16.3. The Morgan fingerprint density at radius 3 is 1.25 bits per heavy atom. The van der Waals surface area contributed by atoms with Crippen molar-refractivity contribution >= 4 is 36.2 Å². The summed E-state index contributed by atoms with van der Waals surface area (Å²) in [6.45, 7) is 5.00. The monoisotopic (exact) mass is 450 g/mol. The van der Waals surface area contributed by atoms with E-state index in [-0.39, 0.29) is 28.9 Å². The Bertz CT molecular complexity index is 683. The van der Waals surface area contributed by atoms with Crippen molar-refractivity contribution < 1.29 is 16.5 Å². The van der Waals surface area contributed by atoms with E-state index in [9.17, 15) is 0 Å². The molecule has 4 rings (SSSR count). The van der Waals surface area contributed by atoms with Crippen LogP contribution in [0.2, 0.25) is 0 Å². The average Bonchev–Trinajstić information content (AvgIpc) is 3.33. The minimum Gasteiger partial charge on any atom is -0.346 e. The zero-order valence-electron chi connectivity index (χ0n) is 16.0. The first-order chi connectivity index (χ1) is 12.9. The van der Waals surface area contributed by atoms with Gasteiger partial charge in [0.25, 0.3) is 0 Å². The Hall–Kier alpha value is -1.65. The van der Waals surface area contributed by atoms with Crippen LogP contribution < -0.4 is 15.9 Å². The molecule has 1 aliphatic rings. The van der Waals surface area contributed by atoms with Crippen molar-refractivity contribution in [3.05, 3.63) is 122 Å². The summed E-state index contributed by atoms with van der Waals surface area (Å²) in [4.78, 5) is 0.